The van der Waals surface area contributed by atoms with Gasteiger partial charge in [0.25, 0.3) is 5.91 Å². The summed E-state index contributed by atoms with van der Waals surface area (Å²) in [6.45, 7) is 4.00. The van der Waals surface area contributed by atoms with Crippen LogP contribution in [-0.2, 0) is 4.79 Å². The summed E-state index contributed by atoms with van der Waals surface area (Å²) < 4.78 is 0. The normalized spacial score (nSPS) is 19.0. The van der Waals surface area contributed by atoms with E-state index in [4.69, 9.17) is 0 Å². The number of benzene rings is 1. The van der Waals surface area contributed by atoms with Crippen molar-refractivity contribution in [1.82, 2.24) is 4.98 Å². The lowest BCUT2D eigenvalue weighted by Crippen LogP contribution is -2.15. The molecule has 1 heterocycles. The van der Waals surface area contributed by atoms with Crippen molar-refractivity contribution in [1.29, 1.82) is 0 Å². The molecule has 0 aliphatic heterocycles. The van der Waals surface area contributed by atoms with Gasteiger partial charge >= 0.3 is 0 Å². The smallest absolute Gasteiger partial charge is 0.256 e. The van der Waals surface area contributed by atoms with Gasteiger partial charge in [-0.15, -0.1) is 0 Å². The van der Waals surface area contributed by atoms with Crippen molar-refractivity contribution in [2.24, 2.45) is 11.8 Å². The minimum absolute atomic E-state index is 0.0542. The van der Waals surface area contributed by atoms with Gasteiger partial charge in [0.05, 0.1) is 0 Å². The molecule has 1 aliphatic carbocycles. The van der Waals surface area contributed by atoms with Crippen LogP contribution >= 0.6 is 0 Å². The summed E-state index contributed by atoms with van der Waals surface area (Å²) in [5, 5.41) is 5.62. The van der Waals surface area contributed by atoms with Gasteiger partial charge < -0.3 is 10.6 Å². The number of anilines is 2. The Morgan fingerprint density at radius 1 is 1.09 bits per heavy atom. The molecule has 1 aromatic heterocycles. The number of carbonyl (C=O) groups excluding carboxylic acids is 2. The number of aryl methyl sites for hydroxylation is 1. The largest absolute Gasteiger partial charge is 0.326 e. The van der Waals surface area contributed by atoms with Crippen molar-refractivity contribution in [2.75, 3.05) is 10.6 Å². The molecule has 5 nitrogen and oxygen atoms in total. The van der Waals surface area contributed by atoms with Gasteiger partial charge in [0.2, 0.25) is 5.91 Å². The number of aromatic nitrogens is 1. The Labute approximate surface area is 135 Å². The quantitative estimate of drug-likeness (QED) is 0.911. The monoisotopic (exact) mass is 309 g/mol. The molecule has 0 saturated heterocycles. The molecule has 1 fully saturated rings. The summed E-state index contributed by atoms with van der Waals surface area (Å²) in [7, 11) is 0. The van der Waals surface area contributed by atoms with E-state index in [1.54, 1.807) is 36.5 Å². The lowest BCUT2D eigenvalue weighted by atomic mass is 10.2. The second-order valence-electron chi connectivity index (χ2n) is 6.06. The van der Waals surface area contributed by atoms with Gasteiger partial charge in [-0.05, 0) is 55.2 Å². The highest BCUT2D eigenvalue weighted by Crippen LogP contribution is 2.38. The van der Waals surface area contributed by atoms with Crippen molar-refractivity contribution in [2.45, 2.75) is 20.3 Å². The van der Waals surface area contributed by atoms with E-state index in [0.29, 0.717) is 23.0 Å². The average molecular weight is 309 g/mol. The second kappa shape index (κ2) is 6.20. The van der Waals surface area contributed by atoms with Crippen LogP contribution in [0.25, 0.3) is 0 Å². The maximum Gasteiger partial charge on any atom is 0.256 e. The summed E-state index contributed by atoms with van der Waals surface area (Å²) in [5.41, 5.74) is 2.26. The Morgan fingerprint density at radius 3 is 2.35 bits per heavy atom. The Morgan fingerprint density at radius 2 is 1.78 bits per heavy atom. The number of pyridine rings is 1. The Balaban J connectivity index is 1.61. The highest BCUT2D eigenvalue weighted by atomic mass is 16.2. The SMILES string of the molecule is Cc1ccc(NC(=O)c2ccc(NC(=O)C3CC3C)cc2)nc1. The van der Waals surface area contributed by atoms with E-state index in [1.807, 2.05) is 13.0 Å². The molecule has 0 spiro atoms. The first-order valence-electron chi connectivity index (χ1n) is 7.68. The van der Waals surface area contributed by atoms with Crippen LogP contribution in [0.5, 0.6) is 0 Å². The van der Waals surface area contributed by atoms with Crippen LogP contribution in [0, 0.1) is 18.8 Å². The van der Waals surface area contributed by atoms with Crippen LogP contribution in [0.4, 0.5) is 11.5 Å². The number of rotatable bonds is 4. The number of nitrogens with zero attached hydrogens (tertiary/aromatic N) is 1. The lowest BCUT2D eigenvalue weighted by Gasteiger charge is -2.07. The molecule has 23 heavy (non-hydrogen) atoms. The highest BCUT2D eigenvalue weighted by Gasteiger charge is 2.39. The maximum atomic E-state index is 12.2. The molecule has 2 unspecified atom stereocenters. The van der Waals surface area contributed by atoms with E-state index in [-0.39, 0.29) is 17.7 Å². The van der Waals surface area contributed by atoms with Gasteiger partial charge in [-0.25, -0.2) is 4.98 Å². The Bertz CT molecular complexity index is 723. The third-order valence-corrected chi connectivity index (χ3v) is 4.01. The molecule has 5 heteroatoms. The van der Waals surface area contributed by atoms with Crippen LogP contribution in [0.15, 0.2) is 42.6 Å². The molecular formula is C18H19N3O2. The summed E-state index contributed by atoms with van der Waals surface area (Å²) in [6.07, 6.45) is 2.66. The number of carbonyl (C=O) groups is 2. The van der Waals surface area contributed by atoms with Gasteiger partial charge in [-0.3, -0.25) is 9.59 Å². The summed E-state index contributed by atoms with van der Waals surface area (Å²) in [6, 6.07) is 10.5. The van der Waals surface area contributed by atoms with Crippen LogP contribution < -0.4 is 10.6 Å². The second-order valence-corrected chi connectivity index (χ2v) is 6.06. The number of nitrogens with one attached hydrogen (secondary N) is 2. The Kier molecular flexibility index (Phi) is 4.10. The third kappa shape index (κ3) is 3.74. The molecule has 2 aromatic rings. The fraction of sp³-hybridized carbons (Fsp3) is 0.278. The number of amides is 2. The summed E-state index contributed by atoms with van der Waals surface area (Å²) in [5.74, 6) is 0.946. The molecule has 0 radical (unpaired) electrons. The minimum Gasteiger partial charge on any atom is -0.326 e. The molecule has 2 amide bonds. The molecule has 2 N–H and O–H groups in total. The van der Waals surface area contributed by atoms with E-state index >= 15 is 0 Å². The lowest BCUT2D eigenvalue weighted by molar-refractivity contribution is -0.117. The van der Waals surface area contributed by atoms with Gasteiger partial charge in [0.15, 0.2) is 0 Å². The fourth-order valence-electron chi connectivity index (χ4n) is 2.36. The molecular weight excluding hydrogens is 290 g/mol. The van der Waals surface area contributed by atoms with Gasteiger partial charge in [0, 0.05) is 23.4 Å². The third-order valence-electron chi connectivity index (χ3n) is 4.01. The van der Waals surface area contributed by atoms with Gasteiger partial charge in [-0.1, -0.05) is 13.0 Å². The molecule has 1 aliphatic rings. The zero-order valence-corrected chi connectivity index (χ0v) is 13.2. The molecule has 0 bridgehead atoms. The van der Waals surface area contributed by atoms with Crippen molar-refractivity contribution < 1.29 is 9.59 Å². The minimum atomic E-state index is -0.227. The van der Waals surface area contributed by atoms with Gasteiger partial charge in [0.1, 0.15) is 5.82 Å². The van der Waals surface area contributed by atoms with Crippen molar-refractivity contribution >= 4 is 23.3 Å². The van der Waals surface area contributed by atoms with Gasteiger partial charge in [-0.2, -0.15) is 0 Å². The topological polar surface area (TPSA) is 71.1 Å². The van der Waals surface area contributed by atoms with E-state index in [1.165, 1.54) is 0 Å². The average Bonchev–Trinajstić information content (AvgIpc) is 3.27. The standard InChI is InChI=1S/C18H19N3O2/c1-11-3-8-16(19-10-11)21-17(22)13-4-6-14(7-5-13)20-18(23)15-9-12(15)2/h3-8,10,12,15H,9H2,1-2H3,(H,20,23)(H,19,21,22). The maximum absolute atomic E-state index is 12.2. The predicted molar refractivity (Wildman–Crippen MR) is 89.3 cm³/mol. The first-order chi connectivity index (χ1) is 11.0. The van der Waals surface area contributed by atoms with E-state index in [2.05, 4.69) is 22.5 Å². The van der Waals surface area contributed by atoms with Crippen LogP contribution in [0.2, 0.25) is 0 Å². The van der Waals surface area contributed by atoms with E-state index in [9.17, 15) is 9.59 Å². The summed E-state index contributed by atoms with van der Waals surface area (Å²) >= 11 is 0. The van der Waals surface area contributed by atoms with Crippen LogP contribution in [0.3, 0.4) is 0 Å². The first-order valence-corrected chi connectivity index (χ1v) is 7.68. The van der Waals surface area contributed by atoms with Crippen LogP contribution in [-0.4, -0.2) is 16.8 Å². The molecule has 1 aromatic carbocycles. The number of hydrogen-bond acceptors (Lipinski definition) is 3. The van der Waals surface area contributed by atoms with Crippen molar-refractivity contribution in [3.05, 3.63) is 53.7 Å². The summed E-state index contributed by atoms with van der Waals surface area (Å²) in [4.78, 5) is 28.2. The van der Waals surface area contributed by atoms with Crippen LogP contribution in [0.1, 0.15) is 29.3 Å². The highest BCUT2D eigenvalue weighted by molar-refractivity contribution is 6.04. The zero-order valence-electron chi connectivity index (χ0n) is 13.2. The molecule has 2 atom stereocenters. The van der Waals surface area contributed by atoms with Crippen molar-refractivity contribution in [3.8, 4) is 0 Å². The molecule has 3 rings (SSSR count). The van der Waals surface area contributed by atoms with E-state index < -0.39 is 0 Å². The Hall–Kier alpha value is -2.69. The van der Waals surface area contributed by atoms with Crippen molar-refractivity contribution in [3.63, 3.8) is 0 Å². The number of hydrogen-bond donors (Lipinski definition) is 2. The zero-order chi connectivity index (χ0) is 16.4. The van der Waals surface area contributed by atoms with E-state index in [0.717, 1.165) is 12.0 Å². The fourth-order valence-corrected chi connectivity index (χ4v) is 2.36. The molecule has 1 saturated carbocycles. The molecule has 118 valence electrons. The first kappa shape index (κ1) is 15.2. The predicted octanol–water partition coefficient (Wildman–Crippen LogP) is 3.24.